The molecule has 0 atom stereocenters. The van der Waals surface area contributed by atoms with Gasteiger partial charge in [-0.05, 0) is 40.8 Å². The lowest BCUT2D eigenvalue weighted by molar-refractivity contribution is 0.590. The van der Waals surface area contributed by atoms with E-state index in [1.807, 2.05) is 4.57 Å². The molecule has 0 aliphatic heterocycles. The molecule has 0 bridgehead atoms. The first-order chi connectivity index (χ1) is 8.65. The number of nitrogen functional groups attached to an aromatic ring is 1. The molecule has 1 fully saturated rings. The maximum absolute atomic E-state index is 13.4. The lowest BCUT2D eigenvalue weighted by atomic mass is 10.2. The Hall–Kier alpha value is -1.10. The highest BCUT2D eigenvalue weighted by atomic mass is 79.9. The zero-order chi connectivity index (χ0) is 12.7. The smallest absolute Gasteiger partial charge is 0.201 e. The van der Waals surface area contributed by atoms with Gasteiger partial charge in [0.2, 0.25) is 5.95 Å². The number of rotatable bonds is 4. The van der Waals surface area contributed by atoms with Crippen molar-refractivity contribution in [1.82, 2.24) is 9.55 Å². The third-order valence-corrected chi connectivity index (χ3v) is 4.12. The second kappa shape index (κ2) is 4.53. The molecule has 3 rings (SSSR count). The fourth-order valence-corrected chi connectivity index (χ4v) is 2.65. The van der Waals surface area contributed by atoms with Crippen LogP contribution in [0.3, 0.4) is 0 Å². The predicted octanol–water partition coefficient (Wildman–Crippen LogP) is 3.71. The van der Waals surface area contributed by atoms with Gasteiger partial charge in [0.1, 0.15) is 5.82 Å². The van der Waals surface area contributed by atoms with Gasteiger partial charge in [0, 0.05) is 12.6 Å². The van der Waals surface area contributed by atoms with E-state index in [1.165, 1.54) is 25.3 Å². The molecule has 2 aromatic rings. The summed E-state index contributed by atoms with van der Waals surface area (Å²) in [6.07, 6.45) is 5.10. The van der Waals surface area contributed by atoms with Gasteiger partial charge in [-0.1, -0.05) is 12.8 Å². The average Bonchev–Trinajstić information content (AvgIpc) is 3.09. The molecule has 96 valence electrons. The molecule has 1 heterocycles. The molecule has 1 saturated carbocycles. The molecule has 2 N–H and O–H groups in total. The number of anilines is 1. The summed E-state index contributed by atoms with van der Waals surface area (Å²) in [5, 5.41) is 0. The maximum Gasteiger partial charge on any atom is 0.201 e. The van der Waals surface area contributed by atoms with Gasteiger partial charge >= 0.3 is 0 Å². The van der Waals surface area contributed by atoms with Crippen molar-refractivity contribution in [2.75, 3.05) is 5.73 Å². The molecule has 0 spiro atoms. The second-order valence-corrected chi connectivity index (χ2v) is 5.82. The summed E-state index contributed by atoms with van der Waals surface area (Å²) in [6, 6.07) is 3.18. The highest BCUT2D eigenvalue weighted by Crippen LogP contribution is 2.34. The van der Waals surface area contributed by atoms with Gasteiger partial charge in [0.05, 0.1) is 15.5 Å². The number of hydrogen-bond donors (Lipinski definition) is 1. The fourth-order valence-electron chi connectivity index (χ4n) is 2.32. The Bertz CT molecular complexity index is 589. The third kappa shape index (κ3) is 2.23. The van der Waals surface area contributed by atoms with Crippen molar-refractivity contribution in [1.29, 1.82) is 0 Å². The van der Waals surface area contributed by atoms with Crippen LogP contribution in [-0.4, -0.2) is 9.55 Å². The normalized spacial score (nSPS) is 15.4. The minimum absolute atomic E-state index is 0.301. The zero-order valence-corrected chi connectivity index (χ0v) is 11.6. The molecule has 0 saturated heterocycles. The van der Waals surface area contributed by atoms with Gasteiger partial charge in [-0.15, -0.1) is 0 Å². The SMILES string of the molecule is Nc1nc2cc(F)c(Br)cc2n1CCCC1CC1. The van der Waals surface area contributed by atoms with Gasteiger partial charge in [-0.2, -0.15) is 0 Å². The van der Waals surface area contributed by atoms with Crippen LogP contribution < -0.4 is 5.73 Å². The fraction of sp³-hybridized carbons (Fsp3) is 0.462. The van der Waals surface area contributed by atoms with Crippen molar-refractivity contribution in [2.24, 2.45) is 5.92 Å². The van der Waals surface area contributed by atoms with E-state index < -0.39 is 0 Å². The van der Waals surface area contributed by atoms with Gasteiger partial charge in [-0.3, -0.25) is 0 Å². The first-order valence-corrected chi connectivity index (χ1v) is 7.05. The first kappa shape index (κ1) is 12.0. The van der Waals surface area contributed by atoms with Gasteiger partial charge in [0.25, 0.3) is 0 Å². The van der Waals surface area contributed by atoms with Gasteiger partial charge < -0.3 is 10.3 Å². The molecular formula is C13H15BrFN3. The standard InChI is InChI=1S/C13H15BrFN3/c14-9-6-12-11(7-10(9)15)17-13(16)18(12)5-1-2-8-3-4-8/h6-8H,1-5H2,(H2,16,17). The van der Waals surface area contributed by atoms with E-state index in [9.17, 15) is 4.39 Å². The molecule has 0 amide bonds. The lowest BCUT2D eigenvalue weighted by Gasteiger charge is -2.06. The molecule has 1 aromatic carbocycles. The van der Waals surface area contributed by atoms with E-state index in [0.29, 0.717) is 15.9 Å². The number of nitrogens with two attached hydrogens (primary N) is 1. The second-order valence-electron chi connectivity index (χ2n) is 4.96. The third-order valence-electron chi connectivity index (χ3n) is 3.51. The van der Waals surface area contributed by atoms with E-state index in [-0.39, 0.29) is 5.82 Å². The zero-order valence-electron chi connectivity index (χ0n) is 10.00. The van der Waals surface area contributed by atoms with E-state index in [1.54, 1.807) is 6.07 Å². The van der Waals surface area contributed by atoms with Crippen molar-refractivity contribution in [3.05, 3.63) is 22.4 Å². The quantitative estimate of drug-likeness (QED) is 0.935. The maximum atomic E-state index is 13.4. The summed E-state index contributed by atoms with van der Waals surface area (Å²) in [4.78, 5) is 4.21. The molecule has 5 heteroatoms. The Morgan fingerprint density at radius 1 is 1.44 bits per heavy atom. The van der Waals surface area contributed by atoms with Gasteiger partial charge in [-0.25, -0.2) is 9.37 Å². The summed E-state index contributed by atoms with van der Waals surface area (Å²) >= 11 is 3.20. The van der Waals surface area contributed by atoms with E-state index in [4.69, 9.17) is 5.73 Å². The molecular weight excluding hydrogens is 297 g/mol. The van der Waals surface area contributed by atoms with E-state index in [2.05, 4.69) is 20.9 Å². The number of aryl methyl sites for hydroxylation is 1. The summed E-state index contributed by atoms with van der Waals surface area (Å²) < 4.78 is 15.8. The Morgan fingerprint density at radius 3 is 2.94 bits per heavy atom. The van der Waals surface area contributed by atoms with Crippen LogP contribution in [-0.2, 0) is 6.54 Å². The largest absolute Gasteiger partial charge is 0.369 e. The Balaban J connectivity index is 1.88. The topological polar surface area (TPSA) is 43.8 Å². The van der Waals surface area contributed by atoms with Gasteiger partial charge in [0.15, 0.2) is 0 Å². The number of fused-ring (bicyclic) bond motifs is 1. The van der Waals surface area contributed by atoms with Crippen molar-refractivity contribution < 1.29 is 4.39 Å². The highest BCUT2D eigenvalue weighted by molar-refractivity contribution is 9.10. The predicted molar refractivity (Wildman–Crippen MR) is 73.8 cm³/mol. The molecule has 3 nitrogen and oxygen atoms in total. The summed E-state index contributed by atoms with van der Waals surface area (Å²) in [7, 11) is 0. The van der Waals surface area contributed by atoms with Crippen LogP contribution in [0.4, 0.5) is 10.3 Å². The molecule has 0 unspecified atom stereocenters. The summed E-state index contributed by atoms with van der Waals surface area (Å²) in [6.45, 7) is 0.858. The van der Waals surface area contributed by atoms with Crippen molar-refractivity contribution in [3.8, 4) is 0 Å². The first-order valence-electron chi connectivity index (χ1n) is 6.26. The Kier molecular flexibility index (Phi) is 3.01. The lowest BCUT2D eigenvalue weighted by Crippen LogP contribution is -2.03. The monoisotopic (exact) mass is 311 g/mol. The van der Waals surface area contributed by atoms with E-state index >= 15 is 0 Å². The van der Waals surface area contributed by atoms with Crippen LogP contribution in [0.5, 0.6) is 0 Å². The van der Waals surface area contributed by atoms with Crippen LogP contribution in [0.25, 0.3) is 11.0 Å². The van der Waals surface area contributed by atoms with Crippen LogP contribution in [0.1, 0.15) is 25.7 Å². The van der Waals surface area contributed by atoms with Crippen LogP contribution >= 0.6 is 15.9 Å². The highest BCUT2D eigenvalue weighted by Gasteiger charge is 2.20. The number of imidazole rings is 1. The molecule has 1 aliphatic rings. The number of nitrogens with zero attached hydrogens (tertiary/aromatic N) is 2. The van der Waals surface area contributed by atoms with Crippen molar-refractivity contribution >= 4 is 32.9 Å². The van der Waals surface area contributed by atoms with E-state index in [0.717, 1.165) is 24.4 Å². The number of aromatic nitrogens is 2. The molecule has 0 radical (unpaired) electrons. The number of benzene rings is 1. The average molecular weight is 312 g/mol. The molecule has 1 aromatic heterocycles. The summed E-state index contributed by atoms with van der Waals surface area (Å²) in [5.74, 6) is 1.09. The minimum atomic E-state index is -0.301. The molecule has 1 aliphatic carbocycles. The van der Waals surface area contributed by atoms with Crippen molar-refractivity contribution in [3.63, 3.8) is 0 Å². The number of halogens is 2. The van der Waals surface area contributed by atoms with Crippen LogP contribution in [0.15, 0.2) is 16.6 Å². The molecule has 18 heavy (non-hydrogen) atoms. The minimum Gasteiger partial charge on any atom is -0.369 e. The Morgan fingerprint density at radius 2 is 2.22 bits per heavy atom. The number of hydrogen-bond acceptors (Lipinski definition) is 2. The van der Waals surface area contributed by atoms with Crippen molar-refractivity contribution in [2.45, 2.75) is 32.2 Å². The van der Waals surface area contributed by atoms with Crippen LogP contribution in [0, 0.1) is 11.7 Å². The Labute approximate surface area is 113 Å². The van der Waals surface area contributed by atoms with Crippen LogP contribution in [0.2, 0.25) is 0 Å². The summed E-state index contributed by atoms with van der Waals surface area (Å²) in [5.41, 5.74) is 7.42.